The molecule has 0 aliphatic carbocycles. The highest BCUT2D eigenvalue weighted by Crippen LogP contribution is 2.29. The fourth-order valence-corrected chi connectivity index (χ4v) is 2.21. The van der Waals surface area contributed by atoms with Gasteiger partial charge in [-0.1, -0.05) is 39.3 Å². The largest absolute Gasteiger partial charge is 0.409 e. The molecule has 0 aromatic heterocycles. The molecule has 0 aliphatic heterocycles. The third kappa shape index (κ3) is 2.88. The van der Waals surface area contributed by atoms with Gasteiger partial charge in [-0.05, 0) is 30.3 Å². The van der Waals surface area contributed by atoms with E-state index in [1.54, 1.807) is 0 Å². The first-order valence-corrected chi connectivity index (χ1v) is 6.49. The molecule has 5 heteroatoms. The topological polar surface area (TPSA) is 61.8 Å². The average molecular weight is 320 g/mol. The van der Waals surface area contributed by atoms with Crippen molar-refractivity contribution in [2.45, 2.75) is 0 Å². The zero-order valence-electron chi connectivity index (χ0n) is 10.4. The molecule has 0 saturated carbocycles. The molecular weight excluding hydrogens is 306 g/mol. The summed E-state index contributed by atoms with van der Waals surface area (Å²) in [6.45, 7) is 0. The highest BCUT2D eigenvalue weighted by atomic mass is 79.9. The summed E-state index contributed by atoms with van der Waals surface area (Å²) in [5, 5.41) is 12.0. The van der Waals surface area contributed by atoms with Crippen LogP contribution < -0.4 is 10.6 Å². The van der Waals surface area contributed by atoms with Gasteiger partial charge in [0.1, 0.15) is 0 Å². The molecule has 0 bridgehead atoms. The van der Waals surface area contributed by atoms with Gasteiger partial charge in [0.2, 0.25) is 0 Å². The van der Waals surface area contributed by atoms with Gasteiger partial charge < -0.3 is 15.8 Å². The fourth-order valence-electron chi connectivity index (χ4n) is 1.85. The van der Waals surface area contributed by atoms with Crippen LogP contribution in [0.1, 0.15) is 5.56 Å². The summed E-state index contributed by atoms with van der Waals surface area (Å²) in [5.41, 5.74) is 8.29. The van der Waals surface area contributed by atoms with Gasteiger partial charge in [0.05, 0.1) is 5.69 Å². The molecule has 2 aromatic rings. The van der Waals surface area contributed by atoms with Crippen molar-refractivity contribution in [3.05, 3.63) is 58.6 Å². The number of halogens is 1. The molecule has 98 valence electrons. The Balaban J connectivity index is 2.50. The van der Waals surface area contributed by atoms with Gasteiger partial charge in [-0.25, -0.2) is 0 Å². The van der Waals surface area contributed by atoms with Crippen LogP contribution in [0.25, 0.3) is 0 Å². The maximum absolute atomic E-state index is 8.89. The summed E-state index contributed by atoms with van der Waals surface area (Å²) < 4.78 is 0.874. The lowest BCUT2D eigenvalue weighted by atomic mass is 10.1. The molecule has 0 radical (unpaired) electrons. The Morgan fingerprint density at radius 2 is 1.89 bits per heavy atom. The van der Waals surface area contributed by atoms with Crippen LogP contribution in [0.5, 0.6) is 0 Å². The first-order chi connectivity index (χ1) is 9.13. The van der Waals surface area contributed by atoms with Gasteiger partial charge >= 0.3 is 0 Å². The number of nitrogens with two attached hydrogens (primary N) is 1. The molecule has 0 unspecified atom stereocenters. The second kappa shape index (κ2) is 5.75. The monoisotopic (exact) mass is 319 g/mol. The van der Waals surface area contributed by atoms with Crippen LogP contribution >= 0.6 is 15.9 Å². The van der Waals surface area contributed by atoms with Crippen molar-refractivity contribution < 1.29 is 5.21 Å². The molecular formula is C14H14BrN3O. The predicted molar refractivity (Wildman–Crippen MR) is 81.2 cm³/mol. The molecule has 0 atom stereocenters. The maximum atomic E-state index is 8.89. The first kappa shape index (κ1) is 13.4. The summed E-state index contributed by atoms with van der Waals surface area (Å²) in [6.07, 6.45) is 0. The van der Waals surface area contributed by atoms with E-state index in [1.807, 2.05) is 60.5 Å². The van der Waals surface area contributed by atoms with Gasteiger partial charge in [-0.3, -0.25) is 0 Å². The second-order valence-electron chi connectivity index (χ2n) is 4.04. The number of nitrogens with zero attached hydrogens (tertiary/aromatic N) is 2. The SMILES string of the molecule is CN(c1ccccc1)c1ccc(Br)cc1/C(N)=N/O. The van der Waals surface area contributed by atoms with Crippen LogP contribution in [0, 0.1) is 0 Å². The number of benzene rings is 2. The smallest absolute Gasteiger partial charge is 0.172 e. The van der Waals surface area contributed by atoms with Crippen molar-refractivity contribution in [1.82, 2.24) is 0 Å². The van der Waals surface area contributed by atoms with E-state index >= 15 is 0 Å². The second-order valence-corrected chi connectivity index (χ2v) is 4.96. The minimum absolute atomic E-state index is 0.0825. The normalized spacial score (nSPS) is 11.4. The lowest BCUT2D eigenvalue weighted by Gasteiger charge is -2.22. The van der Waals surface area contributed by atoms with E-state index in [0.717, 1.165) is 15.8 Å². The molecule has 3 N–H and O–H groups in total. The summed E-state index contributed by atoms with van der Waals surface area (Å²) >= 11 is 3.39. The van der Waals surface area contributed by atoms with Crippen LogP contribution in [-0.2, 0) is 0 Å². The van der Waals surface area contributed by atoms with Crippen molar-refractivity contribution in [2.75, 3.05) is 11.9 Å². The van der Waals surface area contributed by atoms with Crippen molar-refractivity contribution in [3.8, 4) is 0 Å². The molecule has 0 saturated heterocycles. The van der Waals surface area contributed by atoms with Gasteiger partial charge in [0.25, 0.3) is 0 Å². The van der Waals surface area contributed by atoms with E-state index in [0.29, 0.717) is 5.56 Å². The van der Waals surface area contributed by atoms with Gasteiger partial charge in [-0.2, -0.15) is 0 Å². The number of hydrogen-bond donors (Lipinski definition) is 2. The highest BCUT2D eigenvalue weighted by Gasteiger charge is 2.12. The standard InChI is InChI=1S/C14H14BrN3O/c1-18(11-5-3-2-4-6-11)13-8-7-10(15)9-12(13)14(16)17-19/h2-9,19H,1H3,(H2,16,17). The first-order valence-electron chi connectivity index (χ1n) is 5.69. The molecule has 0 heterocycles. The minimum atomic E-state index is 0.0825. The van der Waals surface area contributed by atoms with E-state index in [2.05, 4.69) is 21.1 Å². The molecule has 0 spiro atoms. The number of amidine groups is 1. The molecule has 4 nitrogen and oxygen atoms in total. The summed E-state index contributed by atoms with van der Waals surface area (Å²) in [7, 11) is 1.94. The Morgan fingerprint density at radius 3 is 2.53 bits per heavy atom. The lowest BCUT2D eigenvalue weighted by molar-refractivity contribution is 0.318. The van der Waals surface area contributed by atoms with Crippen LogP contribution in [0.2, 0.25) is 0 Å². The number of rotatable bonds is 3. The van der Waals surface area contributed by atoms with Crippen LogP contribution in [-0.4, -0.2) is 18.1 Å². The van der Waals surface area contributed by atoms with Crippen LogP contribution in [0.4, 0.5) is 11.4 Å². The number of oxime groups is 1. The average Bonchev–Trinajstić information content (AvgIpc) is 2.46. The van der Waals surface area contributed by atoms with Crippen molar-refractivity contribution in [2.24, 2.45) is 10.9 Å². The fraction of sp³-hybridized carbons (Fsp3) is 0.0714. The molecule has 19 heavy (non-hydrogen) atoms. The van der Waals surface area contributed by atoms with Crippen LogP contribution in [0.15, 0.2) is 58.2 Å². The minimum Gasteiger partial charge on any atom is -0.409 e. The number of anilines is 2. The van der Waals surface area contributed by atoms with E-state index in [4.69, 9.17) is 10.9 Å². The summed E-state index contributed by atoms with van der Waals surface area (Å²) in [4.78, 5) is 1.99. The Bertz CT molecular complexity index is 599. The maximum Gasteiger partial charge on any atom is 0.172 e. The Kier molecular flexibility index (Phi) is 4.06. The van der Waals surface area contributed by atoms with E-state index < -0.39 is 0 Å². The number of hydrogen-bond acceptors (Lipinski definition) is 3. The Labute approximate surface area is 120 Å². The zero-order chi connectivity index (χ0) is 13.8. The molecule has 2 aromatic carbocycles. The van der Waals surface area contributed by atoms with Crippen LogP contribution in [0.3, 0.4) is 0 Å². The Hall–Kier alpha value is -2.01. The molecule has 0 fully saturated rings. The van der Waals surface area contributed by atoms with Gasteiger partial charge in [-0.15, -0.1) is 0 Å². The summed E-state index contributed by atoms with van der Waals surface area (Å²) in [6, 6.07) is 15.6. The van der Waals surface area contributed by atoms with Gasteiger partial charge in [0, 0.05) is 22.8 Å². The van der Waals surface area contributed by atoms with E-state index in [-0.39, 0.29) is 5.84 Å². The summed E-state index contributed by atoms with van der Waals surface area (Å²) in [5.74, 6) is 0.0825. The zero-order valence-corrected chi connectivity index (χ0v) is 12.0. The predicted octanol–water partition coefficient (Wildman–Crippen LogP) is 3.31. The Morgan fingerprint density at radius 1 is 1.21 bits per heavy atom. The van der Waals surface area contributed by atoms with E-state index in [9.17, 15) is 0 Å². The molecule has 0 amide bonds. The highest BCUT2D eigenvalue weighted by molar-refractivity contribution is 9.10. The van der Waals surface area contributed by atoms with E-state index in [1.165, 1.54) is 0 Å². The van der Waals surface area contributed by atoms with Crippen molar-refractivity contribution in [3.63, 3.8) is 0 Å². The number of para-hydroxylation sites is 1. The quantitative estimate of drug-likeness (QED) is 0.395. The third-order valence-corrected chi connectivity index (χ3v) is 3.34. The van der Waals surface area contributed by atoms with Gasteiger partial charge in [0.15, 0.2) is 5.84 Å². The van der Waals surface area contributed by atoms with Crippen molar-refractivity contribution >= 4 is 33.1 Å². The van der Waals surface area contributed by atoms with Crippen molar-refractivity contribution in [1.29, 1.82) is 0 Å². The molecule has 0 aliphatic rings. The lowest BCUT2D eigenvalue weighted by Crippen LogP contribution is -2.19. The third-order valence-electron chi connectivity index (χ3n) is 2.85. The molecule has 2 rings (SSSR count).